The quantitative estimate of drug-likeness (QED) is 0.511. The summed E-state index contributed by atoms with van der Waals surface area (Å²) in [6, 6.07) is 0. The zero-order valence-corrected chi connectivity index (χ0v) is 9.58. The van der Waals surface area contributed by atoms with Crippen molar-refractivity contribution in [1.29, 1.82) is 0 Å². The molecule has 0 atom stereocenters. The van der Waals surface area contributed by atoms with Gasteiger partial charge < -0.3 is 0 Å². The van der Waals surface area contributed by atoms with Crippen molar-refractivity contribution in [2.75, 3.05) is 0 Å². The molecular formula is H2MoSSeW. The Labute approximate surface area is 65.2 Å². The van der Waals surface area contributed by atoms with Gasteiger partial charge in [-0.3, -0.25) is 0 Å². The molecular weight excluding hydrogens is 391 g/mol. The van der Waals surface area contributed by atoms with Crippen LogP contribution in [0.15, 0.2) is 0 Å². The number of hydrogen-bond donors (Lipinski definition) is 0. The minimum atomic E-state index is 0. The van der Waals surface area contributed by atoms with Gasteiger partial charge in [-0.25, -0.2) is 0 Å². The molecule has 0 aromatic carbocycles. The zero-order valence-electron chi connectivity index (χ0n) is 1.72. The molecule has 0 N–H and O–H groups in total. The van der Waals surface area contributed by atoms with Gasteiger partial charge in [-0.15, -0.1) is 0 Å². The van der Waals surface area contributed by atoms with Gasteiger partial charge in [0.25, 0.3) is 0 Å². The molecule has 0 saturated heterocycles. The molecule has 0 heterocycles. The van der Waals surface area contributed by atoms with E-state index in [1.165, 1.54) is 18.0 Å². The van der Waals surface area contributed by atoms with Crippen LogP contribution in [-0.2, 0) is 39.1 Å². The Hall–Kier alpha value is 2.12. The van der Waals surface area contributed by atoms with Crippen LogP contribution < -0.4 is 0 Å². The van der Waals surface area contributed by atoms with Gasteiger partial charge in [0, 0.05) is 21.1 Å². The van der Waals surface area contributed by atoms with Gasteiger partial charge in [0.15, 0.2) is 0 Å². The van der Waals surface area contributed by atoms with Crippen LogP contribution in [0.5, 0.6) is 0 Å². The predicted molar refractivity (Wildman–Crippen MR) is 16.1 cm³/mol. The molecule has 0 aliphatic carbocycles. The van der Waals surface area contributed by atoms with Gasteiger partial charge in [-0.1, -0.05) is 0 Å². The summed E-state index contributed by atoms with van der Waals surface area (Å²) in [7, 11) is 4.17. The van der Waals surface area contributed by atoms with Crippen LogP contribution in [0.2, 0.25) is 0 Å². The molecule has 0 nitrogen and oxygen atoms in total. The third-order valence-electron chi connectivity index (χ3n) is 0. The fraction of sp³-hybridized carbons (Fsp3) is 0. The third kappa shape index (κ3) is 8.93. The van der Waals surface area contributed by atoms with Gasteiger partial charge in [0.05, 0.1) is 0 Å². The second-order valence-electron chi connectivity index (χ2n) is 0. The molecule has 0 spiro atoms. The van der Waals surface area contributed by atoms with Crippen LogP contribution in [0, 0.1) is 0 Å². The van der Waals surface area contributed by atoms with Gasteiger partial charge in [-0.2, -0.15) is 0 Å². The summed E-state index contributed by atoms with van der Waals surface area (Å²) in [5.41, 5.74) is 0. The first kappa shape index (κ1) is 16.5. The fourth-order valence-corrected chi connectivity index (χ4v) is 0. The summed E-state index contributed by atoms with van der Waals surface area (Å²) >= 11 is 1.17. The van der Waals surface area contributed by atoms with Gasteiger partial charge >= 0.3 is 44.9 Å². The Morgan fingerprint density at radius 2 is 1.25 bits per heavy atom. The van der Waals surface area contributed by atoms with Crippen molar-refractivity contribution in [2.45, 2.75) is 0 Å². The SMILES string of the molecule is [Mo].[S]=[W].[SeH2]. The van der Waals surface area contributed by atoms with E-state index in [0.29, 0.717) is 0 Å². The van der Waals surface area contributed by atoms with Crippen molar-refractivity contribution in [3.63, 3.8) is 0 Å². The first-order valence-corrected chi connectivity index (χ1v) is 4.09. The van der Waals surface area contributed by atoms with E-state index < -0.39 is 0 Å². The molecule has 0 unspecified atom stereocenters. The number of rotatable bonds is 0. The molecule has 4 heteroatoms. The minimum absolute atomic E-state index is 0. The molecule has 0 aliphatic heterocycles. The zero-order chi connectivity index (χ0) is 2.00. The van der Waals surface area contributed by atoms with E-state index in [0.717, 1.165) is 0 Å². The van der Waals surface area contributed by atoms with Crippen LogP contribution in [0.4, 0.5) is 0 Å². The molecule has 26 valence electrons. The van der Waals surface area contributed by atoms with E-state index in [2.05, 4.69) is 9.82 Å². The Bertz CT molecular complexity index is 8.00. The fourth-order valence-electron chi connectivity index (χ4n) is 0. The summed E-state index contributed by atoms with van der Waals surface area (Å²) in [5.74, 6) is 0. The molecule has 0 fully saturated rings. The van der Waals surface area contributed by atoms with E-state index in [9.17, 15) is 0 Å². The van der Waals surface area contributed by atoms with Crippen LogP contribution >= 0.6 is 9.82 Å². The molecule has 0 saturated carbocycles. The Morgan fingerprint density at radius 3 is 1.25 bits per heavy atom. The van der Waals surface area contributed by atoms with Crippen LogP contribution in [0.1, 0.15) is 0 Å². The Balaban J connectivity index is -0.00000000500. The maximum absolute atomic E-state index is 4.17. The average molecular weight is 393 g/mol. The number of hydrogen-bond acceptors (Lipinski definition) is 1. The summed E-state index contributed by atoms with van der Waals surface area (Å²) in [6.07, 6.45) is 0. The van der Waals surface area contributed by atoms with E-state index in [4.69, 9.17) is 0 Å². The molecule has 0 aromatic rings. The second kappa shape index (κ2) is 19.4. The monoisotopic (exact) mass is 396 g/mol. The molecule has 0 aromatic heterocycles. The second-order valence-corrected chi connectivity index (χ2v) is 0. The van der Waals surface area contributed by atoms with Crippen LogP contribution in [0.25, 0.3) is 0 Å². The summed E-state index contributed by atoms with van der Waals surface area (Å²) in [6.45, 7) is 0. The van der Waals surface area contributed by atoms with Gasteiger partial charge in [0.2, 0.25) is 0 Å². The summed E-state index contributed by atoms with van der Waals surface area (Å²) in [5, 5.41) is 0. The van der Waals surface area contributed by atoms with E-state index >= 15 is 0 Å². The first-order chi connectivity index (χ1) is 1.00. The van der Waals surface area contributed by atoms with Gasteiger partial charge in [-0.05, 0) is 0 Å². The topological polar surface area (TPSA) is 0 Å². The molecule has 0 bridgehead atoms. The van der Waals surface area contributed by atoms with Crippen molar-refractivity contribution in [3.05, 3.63) is 0 Å². The van der Waals surface area contributed by atoms with Crippen LogP contribution in [0.3, 0.4) is 0 Å². The van der Waals surface area contributed by atoms with E-state index in [1.54, 1.807) is 0 Å². The van der Waals surface area contributed by atoms with Crippen molar-refractivity contribution in [1.82, 2.24) is 0 Å². The Kier molecular flexibility index (Phi) is 79.8. The molecule has 0 aliphatic rings. The average Bonchev–Trinajstić information content (AvgIpc) is 1.00. The summed E-state index contributed by atoms with van der Waals surface area (Å²) in [4.78, 5) is 0. The first-order valence-electron chi connectivity index (χ1n) is 0.167. The molecule has 0 amide bonds. The van der Waals surface area contributed by atoms with E-state index in [1.807, 2.05) is 0 Å². The van der Waals surface area contributed by atoms with Gasteiger partial charge in [0.1, 0.15) is 0 Å². The Morgan fingerprint density at radius 1 is 1.25 bits per heavy atom. The van der Waals surface area contributed by atoms with Crippen molar-refractivity contribution >= 4 is 26.9 Å². The maximum atomic E-state index is 4.17. The predicted octanol–water partition coefficient (Wildman–Crippen LogP) is -0.273. The molecule has 0 rings (SSSR count). The standard InChI is InChI=1S/Mo.S.H2Se.W/h;;1H2;. The molecule has 4 heavy (non-hydrogen) atoms. The summed E-state index contributed by atoms with van der Waals surface area (Å²) < 4.78 is 0. The third-order valence-corrected chi connectivity index (χ3v) is 0. The molecule has 0 radical (unpaired) electrons. The van der Waals surface area contributed by atoms with Crippen molar-refractivity contribution in [2.24, 2.45) is 0 Å². The van der Waals surface area contributed by atoms with E-state index in [-0.39, 0.29) is 38.1 Å². The van der Waals surface area contributed by atoms with Crippen LogP contribution in [-0.4, -0.2) is 17.1 Å². The van der Waals surface area contributed by atoms with Crippen molar-refractivity contribution < 1.29 is 39.1 Å². The van der Waals surface area contributed by atoms with Crippen molar-refractivity contribution in [3.8, 4) is 0 Å². The normalized spacial score (nSPS) is 1.00.